The summed E-state index contributed by atoms with van der Waals surface area (Å²) in [4.78, 5) is 15.8. The zero-order chi connectivity index (χ0) is 12.8. The van der Waals surface area contributed by atoms with Crippen molar-refractivity contribution in [1.29, 1.82) is 0 Å². The Morgan fingerprint density at radius 3 is 3.00 bits per heavy atom. The molecule has 0 fully saturated rings. The zero-order valence-electron chi connectivity index (χ0n) is 9.71. The number of hydrazine groups is 1. The number of hydrogen-bond donors (Lipinski definition) is 3. The highest BCUT2D eigenvalue weighted by Crippen LogP contribution is 2.02. The quantitative estimate of drug-likeness (QED) is 0.509. The molecule has 7 nitrogen and oxygen atoms in total. The lowest BCUT2D eigenvalue weighted by molar-refractivity contribution is 0.0947. The van der Waals surface area contributed by atoms with E-state index in [1.165, 1.54) is 0 Å². The molecule has 0 radical (unpaired) electrons. The Morgan fingerprint density at radius 1 is 1.39 bits per heavy atom. The average Bonchev–Trinajstić information content (AvgIpc) is 2.92. The molecule has 18 heavy (non-hydrogen) atoms. The number of carbonyl (C=O) groups is 1. The van der Waals surface area contributed by atoms with Gasteiger partial charge in [-0.15, -0.1) is 0 Å². The Bertz CT molecular complexity index is 510. The van der Waals surface area contributed by atoms with Gasteiger partial charge < -0.3 is 10.7 Å². The van der Waals surface area contributed by atoms with Gasteiger partial charge in [0.15, 0.2) is 0 Å². The number of hydrogen-bond acceptors (Lipinski definition) is 5. The molecule has 0 aromatic carbocycles. The fourth-order valence-corrected chi connectivity index (χ4v) is 1.45. The Balaban J connectivity index is 1.87. The summed E-state index contributed by atoms with van der Waals surface area (Å²) < 4.78 is 1.74. The van der Waals surface area contributed by atoms with Crippen LogP contribution in [0.15, 0.2) is 36.7 Å². The zero-order valence-corrected chi connectivity index (χ0v) is 9.71. The van der Waals surface area contributed by atoms with Gasteiger partial charge in [-0.3, -0.25) is 9.48 Å². The van der Waals surface area contributed by atoms with Gasteiger partial charge in [0, 0.05) is 18.9 Å². The van der Waals surface area contributed by atoms with Crippen molar-refractivity contribution >= 4 is 11.7 Å². The maximum absolute atomic E-state index is 11.8. The van der Waals surface area contributed by atoms with E-state index in [4.69, 9.17) is 5.84 Å². The van der Waals surface area contributed by atoms with Crippen LogP contribution in [0.5, 0.6) is 0 Å². The van der Waals surface area contributed by atoms with Crippen molar-refractivity contribution in [3.8, 4) is 0 Å². The minimum Gasteiger partial charge on any atom is -0.349 e. The standard InChI is InChI=1S/C11H14N6O/c12-16-10-4-1-3-9(15-10)11(18)13-6-8-17-7-2-5-14-17/h1-5,7H,6,8,12H2,(H,13,18)(H,15,16). The van der Waals surface area contributed by atoms with Gasteiger partial charge in [-0.2, -0.15) is 5.10 Å². The third-order valence-electron chi connectivity index (χ3n) is 2.32. The Labute approximate surface area is 104 Å². The van der Waals surface area contributed by atoms with Crippen molar-refractivity contribution in [2.75, 3.05) is 12.0 Å². The van der Waals surface area contributed by atoms with Crippen LogP contribution in [0.4, 0.5) is 5.82 Å². The van der Waals surface area contributed by atoms with E-state index in [1.54, 1.807) is 29.1 Å². The van der Waals surface area contributed by atoms with E-state index in [1.807, 2.05) is 12.3 Å². The molecular weight excluding hydrogens is 232 g/mol. The second kappa shape index (κ2) is 5.78. The van der Waals surface area contributed by atoms with Crippen LogP contribution in [0, 0.1) is 0 Å². The van der Waals surface area contributed by atoms with Crippen LogP contribution >= 0.6 is 0 Å². The highest BCUT2D eigenvalue weighted by atomic mass is 16.1. The van der Waals surface area contributed by atoms with Crippen molar-refractivity contribution in [1.82, 2.24) is 20.1 Å². The van der Waals surface area contributed by atoms with Crippen LogP contribution < -0.4 is 16.6 Å². The number of anilines is 1. The lowest BCUT2D eigenvalue weighted by Gasteiger charge is -2.06. The first-order chi connectivity index (χ1) is 8.79. The molecule has 1 amide bonds. The molecule has 2 heterocycles. The normalized spacial score (nSPS) is 10.1. The molecule has 0 saturated heterocycles. The topological polar surface area (TPSA) is 97.9 Å². The molecule has 0 unspecified atom stereocenters. The van der Waals surface area contributed by atoms with Gasteiger partial charge in [0.05, 0.1) is 6.54 Å². The van der Waals surface area contributed by atoms with Gasteiger partial charge in [0.25, 0.3) is 5.91 Å². The van der Waals surface area contributed by atoms with E-state index in [0.717, 1.165) is 0 Å². The largest absolute Gasteiger partial charge is 0.349 e. The molecule has 7 heteroatoms. The van der Waals surface area contributed by atoms with Crippen LogP contribution in [0.2, 0.25) is 0 Å². The number of nitrogens with one attached hydrogen (secondary N) is 2. The van der Waals surface area contributed by atoms with Gasteiger partial charge >= 0.3 is 0 Å². The number of nitrogen functional groups attached to an aromatic ring is 1. The number of nitrogens with zero attached hydrogens (tertiary/aromatic N) is 3. The second-order valence-electron chi connectivity index (χ2n) is 3.58. The third kappa shape index (κ3) is 3.05. The molecule has 94 valence electrons. The number of carbonyl (C=O) groups excluding carboxylic acids is 1. The fraction of sp³-hybridized carbons (Fsp3) is 0.182. The molecule has 2 aromatic rings. The molecule has 4 N–H and O–H groups in total. The van der Waals surface area contributed by atoms with Crippen molar-refractivity contribution in [3.63, 3.8) is 0 Å². The third-order valence-corrected chi connectivity index (χ3v) is 2.32. The van der Waals surface area contributed by atoms with Crippen LogP contribution in [-0.4, -0.2) is 27.2 Å². The summed E-state index contributed by atoms with van der Waals surface area (Å²) in [7, 11) is 0. The number of pyridine rings is 1. The summed E-state index contributed by atoms with van der Waals surface area (Å²) in [6.45, 7) is 1.11. The molecule has 0 spiro atoms. The first-order valence-corrected chi connectivity index (χ1v) is 5.49. The maximum atomic E-state index is 11.8. The van der Waals surface area contributed by atoms with Crippen molar-refractivity contribution in [2.45, 2.75) is 6.54 Å². The van der Waals surface area contributed by atoms with Gasteiger partial charge in [-0.25, -0.2) is 10.8 Å². The van der Waals surface area contributed by atoms with Crippen LogP contribution in [-0.2, 0) is 6.54 Å². The molecule has 0 bridgehead atoms. The first kappa shape index (κ1) is 12.1. The Kier molecular flexibility index (Phi) is 3.87. The van der Waals surface area contributed by atoms with E-state index < -0.39 is 0 Å². The summed E-state index contributed by atoms with van der Waals surface area (Å²) in [5, 5.41) is 6.79. The van der Waals surface area contributed by atoms with Gasteiger partial charge in [-0.05, 0) is 18.2 Å². The number of rotatable bonds is 5. The summed E-state index contributed by atoms with van der Waals surface area (Å²) in [6.07, 6.45) is 3.53. The molecule has 0 aliphatic heterocycles. The summed E-state index contributed by atoms with van der Waals surface area (Å²) in [5.41, 5.74) is 2.72. The van der Waals surface area contributed by atoms with Crippen molar-refractivity contribution in [3.05, 3.63) is 42.4 Å². The van der Waals surface area contributed by atoms with Crippen LogP contribution in [0.25, 0.3) is 0 Å². The molecule has 0 aliphatic carbocycles. The lowest BCUT2D eigenvalue weighted by Crippen LogP contribution is -2.28. The minimum absolute atomic E-state index is 0.237. The van der Waals surface area contributed by atoms with Crippen molar-refractivity contribution in [2.24, 2.45) is 5.84 Å². The molecule has 0 saturated carbocycles. The van der Waals surface area contributed by atoms with E-state index in [2.05, 4.69) is 20.8 Å². The highest BCUT2D eigenvalue weighted by molar-refractivity contribution is 5.92. The van der Waals surface area contributed by atoms with E-state index in [-0.39, 0.29) is 5.91 Å². The SMILES string of the molecule is NNc1cccc(C(=O)NCCn2cccn2)n1. The summed E-state index contributed by atoms with van der Waals surface area (Å²) in [5.74, 6) is 5.44. The smallest absolute Gasteiger partial charge is 0.270 e. The van der Waals surface area contributed by atoms with Crippen LogP contribution in [0.1, 0.15) is 10.5 Å². The Hall–Kier alpha value is -2.41. The molecule has 0 atom stereocenters. The molecule has 0 aliphatic rings. The maximum Gasteiger partial charge on any atom is 0.270 e. The average molecular weight is 246 g/mol. The van der Waals surface area contributed by atoms with E-state index in [0.29, 0.717) is 24.6 Å². The van der Waals surface area contributed by atoms with Gasteiger partial charge in [-0.1, -0.05) is 6.07 Å². The number of amides is 1. The number of aromatic nitrogens is 3. The van der Waals surface area contributed by atoms with Crippen LogP contribution in [0.3, 0.4) is 0 Å². The van der Waals surface area contributed by atoms with Gasteiger partial charge in [0.1, 0.15) is 11.5 Å². The monoisotopic (exact) mass is 246 g/mol. The predicted molar refractivity (Wildman–Crippen MR) is 66.6 cm³/mol. The molecular formula is C11H14N6O. The number of nitrogens with two attached hydrogens (primary N) is 1. The summed E-state index contributed by atoms with van der Waals surface area (Å²) >= 11 is 0. The Morgan fingerprint density at radius 2 is 2.28 bits per heavy atom. The molecule has 2 aromatic heterocycles. The highest BCUT2D eigenvalue weighted by Gasteiger charge is 2.06. The minimum atomic E-state index is -0.237. The second-order valence-corrected chi connectivity index (χ2v) is 3.58. The predicted octanol–water partition coefficient (Wildman–Crippen LogP) is -0.00630. The van der Waals surface area contributed by atoms with E-state index in [9.17, 15) is 4.79 Å². The first-order valence-electron chi connectivity index (χ1n) is 5.49. The lowest BCUT2D eigenvalue weighted by atomic mass is 10.3. The van der Waals surface area contributed by atoms with E-state index >= 15 is 0 Å². The van der Waals surface area contributed by atoms with Crippen molar-refractivity contribution < 1.29 is 4.79 Å². The van der Waals surface area contributed by atoms with Gasteiger partial charge in [0.2, 0.25) is 0 Å². The molecule has 2 rings (SSSR count). The summed E-state index contributed by atoms with van der Waals surface area (Å²) in [6, 6.07) is 6.86. The fourth-order valence-electron chi connectivity index (χ4n) is 1.45.